The van der Waals surface area contributed by atoms with E-state index in [0.29, 0.717) is 12.2 Å². The van der Waals surface area contributed by atoms with Crippen molar-refractivity contribution in [1.82, 2.24) is 10.6 Å². The monoisotopic (exact) mass is 194 g/mol. The van der Waals surface area contributed by atoms with Gasteiger partial charge in [-0.2, -0.15) is 0 Å². The number of anilines is 1. The van der Waals surface area contributed by atoms with Gasteiger partial charge in [-0.3, -0.25) is 0 Å². The molecule has 0 fully saturated rings. The van der Waals surface area contributed by atoms with Crippen molar-refractivity contribution in [3.05, 3.63) is 29.8 Å². The van der Waals surface area contributed by atoms with Crippen molar-refractivity contribution in [2.24, 2.45) is 5.73 Å². The minimum atomic E-state index is -0.274. The number of hydrogen-bond acceptors (Lipinski definition) is 3. The van der Waals surface area contributed by atoms with E-state index in [1.54, 1.807) is 12.1 Å². The Bertz CT molecular complexity index is 296. The zero-order valence-electron chi connectivity index (χ0n) is 7.79. The van der Waals surface area contributed by atoms with Crippen LogP contribution in [0.2, 0.25) is 0 Å². The molecule has 1 rings (SSSR count). The van der Waals surface area contributed by atoms with Crippen LogP contribution in [0.15, 0.2) is 24.3 Å². The Morgan fingerprint density at radius 3 is 2.43 bits per heavy atom. The SMILES string of the molecule is NCNC(=O)NCc1ccc(N)cc1. The van der Waals surface area contributed by atoms with Crippen LogP contribution < -0.4 is 22.1 Å². The quantitative estimate of drug-likeness (QED) is 0.402. The third-order valence-corrected chi connectivity index (χ3v) is 1.70. The van der Waals surface area contributed by atoms with E-state index in [-0.39, 0.29) is 12.7 Å². The zero-order chi connectivity index (χ0) is 10.4. The van der Waals surface area contributed by atoms with Crippen molar-refractivity contribution >= 4 is 11.7 Å². The lowest BCUT2D eigenvalue weighted by atomic mass is 10.2. The number of rotatable bonds is 3. The summed E-state index contributed by atoms with van der Waals surface area (Å²) in [5.41, 5.74) is 12.3. The van der Waals surface area contributed by atoms with Gasteiger partial charge in [0.2, 0.25) is 0 Å². The topological polar surface area (TPSA) is 93.2 Å². The van der Waals surface area contributed by atoms with Gasteiger partial charge in [-0.25, -0.2) is 4.79 Å². The lowest BCUT2D eigenvalue weighted by Crippen LogP contribution is -2.38. The third-order valence-electron chi connectivity index (χ3n) is 1.70. The van der Waals surface area contributed by atoms with Gasteiger partial charge in [0.05, 0.1) is 6.67 Å². The number of nitrogens with two attached hydrogens (primary N) is 2. The van der Waals surface area contributed by atoms with Gasteiger partial charge < -0.3 is 22.1 Å². The number of hydrogen-bond donors (Lipinski definition) is 4. The summed E-state index contributed by atoms with van der Waals surface area (Å²) < 4.78 is 0. The van der Waals surface area contributed by atoms with Gasteiger partial charge >= 0.3 is 6.03 Å². The minimum absolute atomic E-state index is 0.133. The number of nitrogen functional groups attached to an aromatic ring is 1. The number of carbonyl (C=O) groups is 1. The third kappa shape index (κ3) is 3.32. The Hall–Kier alpha value is -1.75. The molecule has 76 valence electrons. The fraction of sp³-hybridized carbons (Fsp3) is 0.222. The molecule has 0 atom stereocenters. The van der Waals surface area contributed by atoms with Crippen LogP contribution in [0.5, 0.6) is 0 Å². The fourth-order valence-electron chi connectivity index (χ4n) is 0.973. The van der Waals surface area contributed by atoms with Crippen LogP contribution in [-0.4, -0.2) is 12.7 Å². The first-order chi connectivity index (χ1) is 6.72. The molecule has 0 bridgehead atoms. The maximum absolute atomic E-state index is 11.0. The maximum atomic E-state index is 11.0. The van der Waals surface area contributed by atoms with Crippen LogP contribution in [0.1, 0.15) is 5.56 Å². The first kappa shape index (κ1) is 10.3. The number of carbonyl (C=O) groups excluding carboxylic acids is 1. The minimum Gasteiger partial charge on any atom is -0.399 e. The molecule has 0 heterocycles. The molecule has 6 N–H and O–H groups in total. The highest BCUT2D eigenvalue weighted by Crippen LogP contribution is 2.04. The second kappa shape index (κ2) is 5.08. The van der Waals surface area contributed by atoms with Crippen LogP contribution in [0, 0.1) is 0 Å². The van der Waals surface area contributed by atoms with Gasteiger partial charge in [0.25, 0.3) is 0 Å². The van der Waals surface area contributed by atoms with Gasteiger partial charge in [-0.15, -0.1) is 0 Å². The van der Waals surface area contributed by atoms with E-state index in [1.165, 1.54) is 0 Å². The maximum Gasteiger partial charge on any atom is 0.316 e. The summed E-state index contributed by atoms with van der Waals surface area (Å²) in [5.74, 6) is 0. The van der Waals surface area contributed by atoms with Gasteiger partial charge in [0.15, 0.2) is 0 Å². The first-order valence-corrected chi connectivity index (χ1v) is 4.28. The predicted molar refractivity (Wildman–Crippen MR) is 55.3 cm³/mol. The molecule has 0 aliphatic rings. The number of amides is 2. The Morgan fingerprint density at radius 2 is 1.86 bits per heavy atom. The average molecular weight is 194 g/mol. The molecule has 0 aliphatic heterocycles. The van der Waals surface area contributed by atoms with Crippen molar-refractivity contribution < 1.29 is 4.79 Å². The molecule has 1 aromatic carbocycles. The van der Waals surface area contributed by atoms with Crippen molar-refractivity contribution in [2.45, 2.75) is 6.54 Å². The highest BCUT2D eigenvalue weighted by Gasteiger charge is 1.97. The number of urea groups is 1. The summed E-state index contributed by atoms with van der Waals surface area (Å²) >= 11 is 0. The molecule has 0 unspecified atom stereocenters. The molecule has 0 aromatic heterocycles. The lowest BCUT2D eigenvalue weighted by molar-refractivity contribution is 0.241. The number of nitrogens with one attached hydrogen (secondary N) is 2. The lowest BCUT2D eigenvalue weighted by Gasteiger charge is -2.05. The normalized spacial score (nSPS) is 9.50. The van der Waals surface area contributed by atoms with E-state index < -0.39 is 0 Å². The fourth-order valence-corrected chi connectivity index (χ4v) is 0.973. The smallest absolute Gasteiger partial charge is 0.316 e. The second-order valence-corrected chi connectivity index (χ2v) is 2.81. The van der Waals surface area contributed by atoms with Crippen molar-refractivity contribution in [3.8, 4) is 0 Å². The van der Waals surface area contributed by atoms with E-state index in [1.807, 2.05) is 12.1 Å². The summed E-state index contributed by atoms with van der Waals surface area (Å²) in [7, 11) is 0. The van der Waals surface area contributed by atoms with Crippen LogP contribution in [-0.2, 0) is 6.54 Å². The molecular formula is C9H14N4O. The van der Waals surface area contributed by atoms with Crippen LogP contribution in [0.4, 0.5) is 10.5 Å². The molecule has 2 amide bonds. The van der Waals surface area contributed by atoms with Gasteiger partial charge in [-0.05, 0) is 17.7 Å². The van der Waals surface area contributed by atoms with Crippen molar-refractivity contribution in [1.29, 1.82) is 0 Å². The van der Waals surface area contributed by atoms with Crippen molar-refractivity contribution in [3.63, 3.8) is 0 Å². The first-order valence-electron chi connectivity index (χ1n) is 4.28. The molecule has 0 aliphatic carbocycles. The Kier molecular flexibility index (Phi) is 3.75. The molecule has 0 saturated heterocycles. The van der Waals surface area contributed by atoms with E-state index in [4.69, 9.17) is 11.5 Å². The largest absolute Gasteiger partial charge is 0.399 e. The zero-order valence-corrected chi connectivity index (χ0v) is 7.79. The average Bonchev–Trinajstić information content (AvgIpc) is 2.17. The van der Waals surface area contributed by atoms with E-state index in [2.05, 4.69) is 10.6 Å². The molecule has 0 saturated carbocycles. The molecule has 5 nitrogen and oxygen atoms in total. The van der Waals surface area contributed by atoms with Gasteiger partial charge in [0, 0.05) is 12.2 Å². The Morgan fingerprint density at radius 1 is 1.21 bits per heavy atom. The molecule has 5 heteroatoms. The van der Waals surface area contributed by atoms with E-state index in [9.17, 15) is 4.79 Å². The standard InChI is InChI=1S/C9H14N4O/c10-6-13-9(14)12-5-7-1-3-8(11)4-2-7/h1-4H,5-6,10-11H2,(H2,12,13,14). The summed E-state index contributed by atoms with van der Waals surface area (Å²) in [6.45, 7) is 0.597. The predicted octanol–water partition coefficient (Wildman–Crippen LogP) is -0.0158. The Labute approximate surface area is 82.5 Å². The molecule has 1 aromatic rings. The highest BCUT2D eigenvalue weighted by molar-refractivity contribution is 5.73. The highest BCUT2D eigenvalue weighted by atomic mass is 16.2. The van der Waals surface area contributed by atoms with Gasteiger partial charge in [0.1, 0.15) is 0 Å². The summed E-state index contributed by atoms with van der Waals surface area (Å²) in [6, 6.07) is 7.02. The van der Waals surface area contributed by atoms with Crippen molar-refractivity contribution in [2.75, 3.05) is 12.4 Å². The molecule has 14 heavy (non-hydrogen) atoms. The van der Waals surface area contributed by atoms with Crippen LogP contribution in [0.3, 0.4) is 0 Å². The molecule has 0 spiro atoms. The summed E-state index contributed by atoms with van der Waals surface area (Å²) in [6.07, 6.45) is 0. The molecule has 0 radical (unpaired) electrons. The molecular weight excluding hydrogens is 180 g/mol. The summed E-state index contributed by atoms with van der Waals surface area (Å²) in [5, 5.41) is 5.08. The van der Waals surface area contributed by atoms with E-state index >= 15 is 0 Å². The summed E-state index contributed by atoms with van der Waals surface area (Å²) in [4.78, 5) is 11.0. The van der Waals surface area contributed by atoms with Gasteiger partial charge in [-0.1, -0.05) is 12.1 Å². The van der Waals surface area contributed by atoms with Crippen LogP contribution in [0.25, 0.3) is 0 Å². The second-order valence-electron chi connectivity index (χ2n) is 2.81. The van der Waals surface area contributed by atoms with E-state index in [0.717, 1.165) is 5.56 Å². The Balaban J connectivity index is 2.38. The van der Waals surface area contributed by atoms with Crippen LogP contribution >= 0.6 is 0 Å². The number of benzene rings is 1.